The van der Waals surface area contributed by atoms with E-state index in [4.69, 9.17) is 19.8 Å². The fraction of sp³-hybridized carbons (Fsp3) is 0.889. The first-order valence-electron chi connectivity index (χ1n) is 8.76. The predicted molar refractivity (Wildman–Crippen MR) is 91.9 cm³/mol. The minimum absolute atomic E-state index is 0.669. The normalized spacial score (nSPS) is 28.3. The Morgan fingerprint density at radius 1 is 0.667 bits per heavy atom. The van der Waals surface area contributed by atoms with Gasteiger partial charge >= 0.3 is 11.9 Å². The van der Waals surface area contributed by atoms with Crippen molar-refractivity contribution in [3.8, 4) is 0 Å². The molecule has 0 aromatic heterocycles. The molecule has 2 saturated carbocycles. The van der Waals surface area contributed by atoms with Gasteiger partial charge in [-0.3, -0.25) is 0 Å². The zero-order valence-corrected chi connectivity index (χ0v) is 15.4. The Kier molecular flexibility index (Phi) is 5.04. The molecule has 4 rings (SSSR count). The van der Waals surface area contributed by atoms with E-state index in [0.717, 1.165) is 10.8 Å². The summed E-state index contributed by atoms with van der Waals surface area (Å²) in [6.07, 6.45) is 5.81. The van der Waals surface area contributed by atoms with E-state index in [-0.39, 0.29) is 0 Å². The second kappa shape index (κ2) is 6.30. The zero-order valence-electron chi connectivity index (χ0n) is 15.4. The number of hydrogen-bond donors (Lipinski definition) is 4. The van der Waals surface area contributed by atoms with Crippen molar-refractivity contribution < 1.29 is 19.8 Å². The van der Waals surface area contributed by atoms with Crippen LogP contribution in [0.1, 0.15) is 53.4 Å². The first-order chi connectivity index (χ1) is 10.9. The maximum Gasteiger partial charge on any atom is 0.414 e. The fourth-order valence-corrected chi connectivity index (χ4v) is 5.41. The topological polar surface area (TPSA) is 98.7 Å². The first-order valence-corrected chi connectivity index (χ1v) is 8.76. The van der Waals surface area contributed by atoms with E-state index in [9.17, 15) is 0 Å². The smallest absolute Gasteiger partial charge is 0.414 e. The van der Waals surface area contributed by atoms with Crippen LogP contribution >= 0.6 is 0 Å². The molecule has 4 N–H and O–H groups in total. The van der Waals surface area contributed by atoms with Gasteiger partial charge in [-0.05, 0) is 47.3 Å². The van der Waals surface area contributed by atoms with Crippen LogP contribution in [0.15, 0.2) is 0 Å². The van der Waals surface area contributed by atoms with Gasteiger partial charge in [-0.1, -0.05) is 27.7 Å². The van der Waals surface area contributed by atoms with Gasteiger partial charge in [-0.25, -0.2) is 9.59 Å². The van der Waals surface area contributed by atoms with Crippen molar-refractivity contribution in [2.75, 3.05) is 26.2 Å². The molecule has 138 valence electrons. The first kappa shape index (κ1) is 19.2. The third-order valence-electron chi connectivity index (χ3n) is 5.60. The average Bonchev–Trinajstić information content (AvgIpc) is 2.29. The second-order valence-electron chi connectivity index (χ2n) is 9.85. The van der Waals surface area contributed by atoms with Crippen LogP contribution in [-0.2, 0) is 9.59 Å². The van der Waals surface area contributed by atoms with Gasteiger partial charge in [0.15, 0.2) is 0 Å². The summed E-state index contributed by atoms with van der Waals surface area (Å²) in [5, 5.41) is 21.5. The molecule has 2 spiro atoms. The molecule has 0 bridgehead atoms. The van der Waals surface area contributed by atoms with Gasteiger partial charge in [-0.15, -0.1) is 0 Å². The van der Waals surface area contributed by atoms with Crippen LogP contribution in [0.25, 0.3) is 0 Å². The molecule has 0 unspecified atom stereocenters. The maximum absolute atomic E-state index is 9.10. The summed E-state index contributed by atoms with van der Waals surface area (Å²) < 4.78 is 0. The largest absolute Gasteiger partial charge is 0.473 e. The second-order valence-corrected chi connectivity index (χ2v) is 9.85. The van der Waals surface area contributed by atoms with Gasteiger partial charge in [0.05, 0.1) is 0 Å². The molecule has 0 amide bonds. The highest BCUT2D eigenvalue weighted by atomic mass is 16.4. The molecule has 2 saturated heterocycles. The quantitative estimate of drug-likeness (QED) is 0.503. The Bertz CT molecular complexity index is 439. The minimum Gasteiger partial charge on any atom is -0.473 e. The SMILES string of the molecule is CC1(C)CC2(CNC2)C1.CC1(C)CC2(CNC2)C1.O=C(O)C(=O)O. The fourth-order valence-electron chi connectivity index (χ4n) is 5.41. The molecule has 0 aromatic carbocycles. The Hall–Kier alpha value is -1.14. The van der Waals surface area contributed by atoms with Crippen molar-refractivity contribution in [1.82, 2.24) is 10.6 Å². The third kappa shape index (κ3) is 4.48. The van der Waals surface area contributed by atoms with E-state index in [0.29, 0.717) is 10.8 Å². The van der Waals surface area contributed by atoms with E-state index in [1.165, 1.54) is 51.9 Å². The Morgan fingerprint density at radius 3 is 0.958 bits per heavy atom. The van der Waals surface area contributed by atoms with E-state index >= 15 is 0 Å². The van der Waals surface area contributed by atoms with Crippen LogP contribution in [0.4, 0.5) is 0 Å². The lowest BCUT2D eigenvalue weighted by Crippen LogP contribution is -2.62. The monoisotopic (exact) mass is 340 g/mol. The maximum atomic E-state index is 9.10. The van der Waals surface area contributed by atoms with E-state index in [1.54, 1.807) is 0 Å². The van der Waals surface area contributed by atoms with E-state index in [1.807, 2.05) is 0 Å². The average molecular weight is 340 g/mol. The Labute approximate surface area is 144 Å². The van der Waals surface area contributed by atoms with Crippen LogP contribution in [0.5, 0.6) is 0 Å². The summed E-state index contributed by atoms with van der Waals surface area (Å²) in [6.45, 7) is 14.6. The Morgan fingerprint density at radius 2 is 0.917 bits per heavy atom. The number of hydrogen-bond acceptors (Lipinski definition) is 4. The van der Waals surface area contributed by atoms with Gasteiger partial charge < -0.3 is 20.8 Å². The van der Waals surface area contributed by atoms with E-state index < -0.39 is 11.9 Å². The molecule has 6 heteroatoms. The Balaban J connectivity index is 0.000000134. The molecule has 0 aromatic rings. The molecule has 4 fully saturated rings. The summed E-state index contributed by atoms with van der Waals surface area (Å²) in [7, 11) is 0. The van der Waals surface area contributed by atoms with Gasteiger partial charge in [-0.2, -0.15) is 0 Å². The van der Waals surface area contributed by atoms with Crippen molar-refractivity contribution in [2.45, 2.75) is 53.4 Å². The molecule has 2 aliphatic heterocycles. The van der Waals surface area contributed by atoms with Crippen molar-refractivity contribution in [2.24, 2.45) is 21.7 Å². The van der Waals surface area contributed by atoms with Crippen LogP contribution in [-0.4, -0.2) is 48.3 Å². The van der Waals surface area contributed by atoms with Crippen molar-refractivity contribution >= 4 is 11.9 Å². The predicted octanol–water partition coefficient (Wildman–Crippen LogP) is 1.95. The number of carboxylic acid groups (broad SMARTS) is 2. The highest BCUT2D eigenvalue weighted by Crippen LogP contribution is 2.56. The van der Waals surface area contributed by atoms with Crippen LogP contribution < -0.4 is 10.6 Å². The lowest BCUT2D eigenvalue weighted by molar-refractivity contribution is -0.159. The van der Waals surface area contributed by atoms with Gasteiger partial charge in [0, 0.05) is 26.2 Å². The van der Waals surface area contributed by atoms with Gasteiger partial charge in [0.2, 0.25) is 0 Å². The molecule has 2 aliphatic carbocycles. The zero-order chi connectivity index (χ0) is 18.2. The molecule has 0 radical (unpaired) electrons. The van der Waals surface area contributed by atoms with Gasteiger partial charge in [0.1, 0.15) is 0 Å². The van der Waals surface area contributed by atoms with Crippen LogP contribution in [0.2, 0.25) is 0 Å². The highest BCUT2D eigenvalue weighted by molar-refractivity contribution is 6.27. The lowest BCUT2D eigenvalue weighted by Gasteiger charge is -2.59. The van der Waals surface area contributed by atoms with Crippen LogP contribution in [0.3, 0.4) is 0 Å². The molecule has 2 heterocycles. The highest BCUT2D eigenvalue weighted by Gasteiger charge is 2.52. The molecular weight excluding hydrogens is 308 g/mol. The molecule has 0 atom stereocenters. The minimum atomic E-state index is -1.82. The molecule has 24 heavy (non-hydrogen) atoms. The van der Waals surface area contributed by atoms with Crippen LogP contribution in [0, 0.1) is 21.7 Å². The lowest BCUT2D eigenvalue weighted by atomic mass is 9.52. The van der Waals surface area contributed by atoms with Crippen molar-refractivity contribution in [3.05, 3.63) is 0 Å². The summed E-state index contributed by atoms with van der Waals surface area (Å²) in [5.74, 6) is -3.65. The number of nitrogens with one attached hydrogen (secondary N) is 2. The summed E-state index contributed by atoms with van der Waals surface area (Å²) in [5.41, 5.74) is 2.87. The molecular formula is C18H32N2O4. The molecule has 6 nitrogen and oxygen atoms in total. The number of carbonyl (C=O) groups is 2. The number of aliphatic carboxylic acids is 2. The summed E-state index contributed by atoms with van der Waals surface area (Å²) in [6, 6.07) is 0. The summed E-state index contributed by atoms with van der Waals surface area (Å²) >= 11 is 0. The van der Waals surface area contributed by atoms with Crippen molar-refractivity contribution in [1.29, 1.82) is 0 Å². The summed E-state index contributed by atoms with van der Waals surface area (Å²) in [4.78, 5) is 18.2. The van der Waals surface area contributed by atoms with Gasteiger partial charge in [0.25, 0.3) is 0 Å². The number of rotatable bonds is 0. The molecule has 4 aliphatic rings. The van der Waals surface area contributed by atoms with Crippen molar-refractivity contribution in [3.63, 3.8) is 0 Å². The van der Waals surface area contributed by atoms with E-state index in [2.05, 4.69) is 38.3 Å². The standard InChI is InChI=1S/2C8H15N.C2H2O4/c2*1-7(2)3-8(4-7)5-9-6-8;3-1(4)2(5)6/h2*9H,3-6H2,1-2H3;(H,3,4)(H,5,6). The third-order valence-corrected chi connectivity index (χ3v) is 5.60. The number of carboxylic acids is 2.